The second kappa shape index (κ2) is 7.21. The van der Waals surface area contributed by atoms with Crippen LogP contribution >= 0.6 is 11.3 Å². The number of hydrogen-bond donors (Lipinski definition) is 2. The van der Waals surface area contributed by atoms with E-state index in [-0.39, 0.29) is 5.57 Å². The number of aromatic nitrogens is 1. The normalized spacial score (nSPS) is 10.5. The Morgan fingerprint density at radius 1 is 1.30 bits per heavy atom. The molecule has 7 heteroatoms. The van der Waals surface area contributed by atoms with Crippen LogP contribution in [0.15, 0.2) is 36.0 Å². The molecule has 2 aromatic rings. The fourth-order valence-corrected chi connectivity index (χ4v) is 2.48. The number of thiazole rings is 1. The summed E-state index contributed by atoms with van der Waals surface area (Å²) in [6, 6.07) is 10.4. The average Bonchev–Trinajstić information content (AvgIpc) is 2.87. The summed E-state index contributed by atoms with van der Waals surface area (Å²) in [5.74, 6) is -0.590. The van der Waals surface area contributed by atoms with E-state index in [0.717, 1.165) is 10.6 Å². The maximum Gasteiger partial charge on any atom is 0.267 e. The first-order chi connectivity index (χ1) is 11.0. The summed E-state index contributed by atoms with van der Waals surface area (Å²) < 4.78 is 0. The molecular formula is C16H13N5OS. The summed E-state index contributed by atoms with van der Waals surface area (Å²) in [4.78, 5) is 17.5. The number of carbonyl (C=O) groups is 1. The number of anilines is 2. The Morgan fingerprint density at radius 3 is 2.65 bits per heavy atom. The Morgan fingerprint density at radius 2 is 2.04 bits per heavy atom. The van der Waals surface area contributed by atoms with Crippen molar-refractivity contribution in [2.45, 2.75) is 13.8 Å². The van der Waals surface area contributed by atoms with Crippen LogP contribution in [0.1, 0.15) is 16.1 Å². The molecule has 1 aromatic heterocycles. The maximum absolute atomic E-state index is 12.1. The first kappa shape index (κ1) is 16.2. The number of para-hydroxylation sites is 1. The highest BCUT2D eigenvalue weighted by molar-refractivity contribution is 7.15. The lowest BCUT2D eigenvalue weighted by Crippen LogP contribution is -2.15. The highest BCUT2D eigenvalue weighted by atomic mass is 32.1. The van der Waals surface area contributed by atoms with E-state index < -0.39 is 5.91 Å². The Kier molecular flexibility index (Phi) is 5.08. The molecule has 23 heavy (non-hydrogen) atoms. The molecule has 0 bridgehead atoms. The lowest BCUT2D eigenvalue weighted by Gasteiger charge is -2.05. The quantitative estimate of drug-likeness (QED) is 0.665. The third-order valence-electron chi connectivity index (χ3n) is 3.03. The molecule has 0 fully saturated rings. The van der Waals surface area contributed by atoms with Gasteiger partial charge in [0.2, 0.25) is 0 Å². The zero-order valence-electron chi connectivity index (χ0n) is 12.5. The van der Waals surface area contributed by atoms with Gasteiger partial charge in [-0.25, -0.2) is 4.98 Å². The third kappa shape index (κ3) is 3.94. The fourth-order valence-electron chi connectivity index (χ4n) is 1.70. The zero-order valence-corrected chi connectivity index (χ0v) is 13.4. The Hall–Kier alpha value is -3.16. The highest BCUT2D eigenvalue weighted by Gasteiger charge is 2.12. The SMILES string of the molecule is Cc1nc(N/C=C(/C#N)C(=O)Nc2ccccc2C#N)sc1C. The molecule has 0 aliphatic rings. The molecule has 2 N–H and O–H groups in total. The van der Waals surface area contributed by atoms with Crippen LogP contribution in [0.3, 0.4) is 0 Å². The predicted molar refractivity (Wildman–Crippen MR) is 88.7 cm³/mol. The standard InChI is InChI=1S/C16H13N5OS/c1-10-11(2)23-16(20-10)19-9-13(8-18)15(22)21-14-6-4-3-5-12(14)7-17/h3-6,9H,1-2H3,(H,19,20)(H,21,22)/b13-9-. The van der Waals surface area contributed by atoms with E-state index in [1.807, 2.05) is 26.0 Å². The summed E-state index contributed by atoms with van der Waals surface area (Å²) >= 11 is 1.44. The number of nitriles is 2. The molecule has 114 valence electrons. The molecule has 0 radical (unpaired) electrons. The van der Waals surface area contributed by atoms with Crippen molar-refractivity contribution in [3.8, 4) is 12.1 Å². The van der Waals surface area contributed by atoms with Crippen molar-refractivity contribution >= 4 is 28.1 Å². The van der Waals surface area contributed by atoms with Gasteiger partial charge in [-0.15, -0.1) is 11.3 Å². The fraction of sp³-hybridized carbons (Fsp3) is 0.125. The summed E-state index contributed by atoms with van der Waals surface area (Å²) in [5, 5.41) is 24.2. The number of amides is 1. The molecule has 1 heterocycles. The van der Waals surface area contributed by atoms with Gasteiger partial charge in [0, 0.05) is 11.1 Å². The average molecular weight is 323 g/mol. The minimum Gasteiger partial charge on any atom is -0.337 e. The number of benzene rings is 1. The van der Waals surface area contributed by atoms with Gasteiger partial charge in [0.1, 0.15) is 17.7 Å². The van der Waals surface area contributed by atoms with E-state index in [1.54, 1.807) is 24.3 Å². The third-order valence-corrected chi connectivity index (χ3v) is 4.03. The van der Waals surface area contributed by atoms with Gasteiger partial charge in [-0.1, -0.05) is 12.1 Å². The minimum absolute atomic E-state index is 0.108. The predicted octanol–water partition coefficient (Wildman–Crippen LogP) is 3.09. The Balaban J connectivity index is 2.14. The molecular weight excluding hydrogens is 310 g/mol. The number of aryl methyl sites for hydroxylation is 2. The maximum atomic E-state index is 12.1. The van der Waals surface area contributed by atoms with Crippen LogP contribution in [0.25, 0.3) is 0 Å². The first-order valence-corrected chi connectivity index (χ1v) is 7.48. The summed E-state index contributed by atoms with van der Waals surface area (Å²) in [6.45, 7) is 3.83. The van der Waals surface area contributed by atoms with Crippen molar-refractivity contribution < 1.29 is 4.79 Å². The van der Waals surface area contributed by atoms with Gasteiger partial charge in [-0.05, 0) is 26.0 Å². The number of hydrogen-bond acceptors (Lipinski definition) is 6. The van der Waals surface area contributed by atoms with Crippen molar-refractivity contribution in [1.82, 2.24) is 4.98 Å². The molecule has 1 amide bonds. The molecule has 6 nitrogen and oxygen atoms in total. The van der Waals surface area contributed by atoms with Gasteiger partial charge >= 0.3 is 0 Å². The van der Waals surface area contributed by atoms with Crippen molar-refractivity contribution in [1.29, 1.82) is 10.5 Å². The molecule has 0 spiro atoms. The zero-order chi connectivity index (χ0) is 16.8. The summed E-state index contributed by atoms with van der Waals surface area (Å²) in [5.41, 5.74) is 1.49. The lowest BCUT2D eigenvalue weighted by molar-refractivity contribution is -0.112. The van der Waals surface area contributed by atoms with Crippen LogP contribution in [0.5, 0.6) is 0 Å². The number of nitrogens with one attached hydrogen (secondary N) is 2. The van der Waals surface area contributed by atoms with E-state index in [0.29, 0.717) is 16.4 Å². The summed E-state index contributed by atoms with van der Waals surface area (Å²) in [6.07, 6.45) is 1.31. The molecule has 0 saturated heterocycles. The largest absolute Gasteiger partial charge is 0.337 e. The van der Waals surface area contributed by atoms with E-state index in [4.69, 9.17) is 10.5 Å². The number of carbonyl (C=O) groups excluding carboxylic acids is 1. The second-order valence-electron chi connectivity index (χ2n) is 4.59. The second-order valence-corrected chi connectivity index (χ2v) is 5.79. The molecule has 1 aromatic carbocycles. The Bertz CT molecular complexity index is 835. The van der Waals surface area contributed by atoms with Crippen LogP contribution < -0.4 is 10.6 Å². The molecule has 0 aliphatic heterocycles. The van der Waals surface area contributed by atoms with Crippen LogP contribution in [0.4, 0.5) is 10.8 Å². The van der Waals surface area contributed by atoms with Crippen LogP contribution in [0.2, 0.25) is 0 Å². The number of nitrogens with zero attached hydrogens (tertiary/aromatic N) is 3. The molecule has 0 atom stereocenters. The molecule has 0 aliphatic carbocycles. The van der Waals surface area contributed by atoms with Crippen LogP contribution in [0, 0.1) is 36.5 Å². The van der Waals surface area contributed by atoms with Crippen molar-refractivity contribution in [2.75, 3.05) is 10.6 Å². The van der Waals surface area contributed by atoms with Crippen molar-refractivity contribution in [3.63, 3.8) is 0 Å². The molecule has 0 saturated carbocycles. The summed E-state index contributed by atoms with van der Waals surface area (Å²) in [7, 11) is 0. The van der Waals surface area contributed by atoms with E-state index in [1.165, 1.54) is 17.5 Å². The van der Waals surface area contributed by atoms with Gasteiger partial charge in [-0.3, -0.25) is 4.79 Å². The Labute approximate surface area is 137 Å². The van der Waals surface area contributed by atoms with Crippen LogP contribution in [-0.4, -0.2) is 10.9 Å². The smallest absolute Gasteiger partial charge is 0.267 e. The van der Waals surface area contributed by atoms with Crippen molar-refractivity contribution in [3.05, 3.63) is 52.2 Å². The van der Waals surface area contributed by atoms with E-state index >= 15 is 0 Å². The highest BCUT2D eigenvalue weighted by Crippen LogP contribution is 2.21. The first-order valence-electron chi connectivity index (χ1n) is 6.66. The molecule has 2 rings (SSSR count). The van der Waals surface area contributed by atoms with Gasteiger partial charge in [-0.2, -0.15) is 10.5 Å². The monoisotopic (exact) mass is 323 g/mol. The van der Waals surface area contributed by atoms with E-state index in [9.17, 15) is 4.79 Å². The van der Waals surface area contributed by atoms with Gasteiger partial charge in [0.05, 0.1) is 16.9 Å². The molecule has 0 unspecified atom stereocenters. The van der Waals surface area contributed by atoms with Crippen LogP contribution in [-0.2, 0) is 4.79 Å². The van der Waals surface area contributed by atoms with Crippen molar-refractivity contribution in [2.24, 2.45) is 0 Å². The van der Waals surface area contributed by atoms with E-state index in [2.05, 4.69) is 15.6 Å². The van der Waals surface area contributed by atoms with Gasteiger partial charge in [0.25, 0.3) is 5.91 Å². The minimum atomic E-state index is -0.590. The topological polar surface area (TPSA) is 102 Å². The van der Waals surface area contributed by atoms with Gasteiger partial charge < -0.3 is 10.6 Å². The van der Waals surface area contributed by atoms with Gasteiger partial charge in [0.15, 0.2) is 5.13 Å². The number of rotatable bonds is 4. The lowest BCUT2D eigenvalue weighted by atomic mass is 10.2.